The summed E-state index contributed by atoms with van der Waals surface area (Å²) in [5.74, 6) is -1.10. The van der Waals surface area contributed by atoms with E-state index < -0.39 is 22.1 Å². The number of hydrogen-bond donors (Lipinski definition) is 1. The summed E-state index contributed by atoms with van der Waals surface area (Å²) >= 11 is 0. The van der Waals surface area contributed by atoms with Crippen molar-refractivity contribution in [3.63, 3.8) is 0 Å². The Bertz CT molecular complexity index is 976. The molecule has 0 aliphatic rings. The normalized spacial score (nSPS) is 12.1. The number of esters is 1. The maximum absolute atomic E-state index is 12.5. The summed E-state index contributed by atoms with van der Waals surface area (Å²) in [5, 5.41) is 0. The number of hydrogen-bond acceptors (Lipinski definition) is 6. The van der Waals surface area contributed by atoms with E-state index in [1.165, 1.54) is 38.1 Å². The van der Waals surface area contributed by atoms with Crippen LogP contribution in [0.25, 0.3) is 0 Å². The molecule has 29 heavy (non-hydrogen) atoms. The number of carbonyl (C=O) groups is 2. The summed E-state index contributed by atoms with van der Waals surface area (Å²) in [6.07, 6.45) is -1.04. The molecule has 2 aromatic rings. The first-order valence-corrected chi connectivity index (χ1v) is 10.3. The van der Waals surface area contributed by atoms with Crippen LogP contribution in [0, 0.1) is 0 Å². The van der Waals surface area contributed by atoms with E-state index in [2.05, 4.69) is 4.72 Å². The third kappa shape index (κ3) is 5.55. The van der Waals surface area contributed by atoms with Gasteiger partial charge >= 0.3 is 5.97 Å². The summed E-state index contributed by atoms with van der Waals surface area (Å²) in [7, 11) is 0.346. The summed E-state index contributed by atoms with van der Waals surface area (Å²) in [6, 6.07) is 13.3. The monoisotopic (exact) mass is 420 g/mol. The summed E-state index contributed by atoms with van der Waals surface area (Å²) in [5.41, 5.74) is 0.934. The number of benzene rings is 2. The molecule has 0 saturated carbocycles. The van der Waals surface area contributed by atoms with E-state index in [9.17, 15) is 18.0 Å². The van der Waals surface area contributed by atoms with Crippen molar-refractivity contribution in [2.75, 3.05) is 21.2 Å². The second kappa shape index (κ2) is 9.53. The minimum Gasteiger partial charge on any atom is -0.495 e. The molecule has 1 N–H and O–H groups in total. The van der Waals surface area contributed by atoms with Crippen LogP contribution in [0.1, 0.15) is 22.8 Å². The number of carbonyl (C=O) groups excluding carboxylic acids is 2. The molecule has 0 heterocycles. The molecule has 8 nitrogen and oxygen atoms in total. The molecule has 0 aromatic heterocycles. The van der Waals surface area contributed by atoms with E-state index >= 15 is 0 Å². The van der Waals surface area contributed by atoms with Crippen LogP contribution in [0.15, 0.2) is 53.4 Å². The first-order chi connectivity index (χ1) is 13.7. The number of ether oxygens (including phenoxy) is 2. The highest BCUT2D eigenvalue weighted by Gasteiger charge is 2.25. The molecule has 9 heteroatoms. The van der Waals surface area contributed by atoms with Crippen LogP contribution < -0.4 is 9.46 Å². The van der Waals surface area contributed by atoms with E-state index in [-0.39, 0.29) is 22.1 Å². The Morgan fingerprint density at radius 1 is 1.14 bits per heavy atom. The lowest BCUT2D eigenvalue weighted by Crippen LogP contribution is -2.37. The van der Waals surface area contributed by atoms with Crippen molar-refractivity contribution in [1.29, 1.82) is 0 Å². The lowest BCUT2D eigenvalue weighted by molar-refractivity contribution is -0.139. The molecule has 0 radical (unpaired) electrons. The zero-order valence-electron chi connectivity index (χ0n) is 16.7. The van der Waals surface area contributed by atoms with Crippen LogP contribution in [0.2, 0.25) is 0 Å². The lowest BCUT2D eigenvalue weighted by Gasteiger charge is -2.21. The molecule has 0 aliphatic carbocycles. The van der Waals surface area contributed by atoms with Gasteiger partial charge in [0.05, 0.1) is 12.7 Å². The van der Waals surface area contributed by atoms with E-state index in [0.717, 1.165) is 11.6 Å². The molecular weight excluding hydrogens is 396 g/mol. The third-order valence-electron chi connectivity index (χ3n) is 4.23. The Balaban J connectivity index is 2.12. The molecule has 156 valence electrons. The molecular formula is C20H24N2O6S. The molecule has 0 bridgehead atoms. The smallest absolute Gasteiger partial charge is 0.338 e. The zero-order valence-corrected chi connectivity index (χ0v) is 17.5. The number of rotatable bonds is 8. The van der Waals surface area contributed by atoms with Gasteiger partial charge in [0.15, 0.2) is 6.10 Å². The zero-order chi connectivity index (χ0) is 21.6. The Kier molecular flexibility index (Phi) is 7.35. The maximum Gasteiger partial charge on any atom is 0.338 e. The van der Waals surface area contributed by atoms with Crippen LogP contribution in [0.3, 0.4) is 0 Å². The molecule has 0 spiro atoms. The predicted molar refractivity (Wildman–Crippen MR) is 107 cm³/mol. The highest BCUT2D eigenvalue weighted by molar-refractivity contribution is 7.89. The number of likely N-dealkylation sites (N-methyl/N-ethyl adjacent to an activating group) is 1. The van der Waals surface area contributed by atoms with Gasteiger partial charge < -0.3 is 14.4 Å². The van der Waals surface area contributed by atoms with Crippen molar-refractivity contribution >= 4 is 21.9 Å². The maximum atomic E-state index is 12.5. The molecule has 2 rings (SSSR count). The Hall–Kier alpha value is -2.91. The lowest BCUT2D eigenvalue weighted by atomic mass is 10.2. The fourth-order valence-corrected chi connectivity index (χ4v) is 3.57. The number of amides is 1. The molecule has 0 saturated heterocycles. The second-order valence-electron chi connectivity index (χ2n) is 6.30. The van der Waals surface area contributed by atoms with E-state index in [0.29, 0.717) is 6.54 Å². The molecule has 1 atom stereocenters. The first-order valence-electron chi connectivity index (χ1n) is 8.81. The number of nitrogens with one attached hydrogen (secondary N) is 1. The highest BCUT2D eigenvalue weighted by atomic mass is 32.2. The van der Waals surface area contributed by atoms with Crippen molar-refractivity contribution in [3.8, 4) is 5.75 Å². The largest absolute Gasteiger partial charge is 0.495 e. The Labute approximate surface area is 170 Å². The fraction of sp³-hybridized carbons (Fsp3) is 0.300. The second-order valence-corrected chi connectivity index (χ2v) is 8.16. The standard InChI is InChI=1S/C20H24N2O6S/c1-14(19(23)22(3)13-15-8-6-5-7-9-15)28-20(24)16-10-11-17(27-4)18(12-16)29(25,26)21-2/h5-12,14,21H,13H2,1-4H3/t14-/m0/s1. The van der Waals surface area contributed by atoms with Gasteiger partial charge in [0.2, 0.25) is 10.0 Å². The van der Waals surface area contributed by atoms with Gasteiger partial charge in [-0.05, 0) is 37.7 Å². The SMILES string of the molecule is CNS(=O)(=O)c1cc(C(=O)O[C@@H](C)C(=O)N(C)Cc2ccccc2)ccc1OC. The van der Waals surface area contributed by atoms with E-state index in [1.807, 2.05) is 30.3 Å². The molecule has 1 amide bonds. The average Bonchev–Trinajstić information content (AvgIpc) is 2.73. The van der Waals surface area contributed by atoms with Gasteiger partial charge in [0, 0.05) is 13.6 Å². The van der Waals surface area contributed by atoms with E-state index in [1.54, 1.807) is 7.05 Å². The molecule has 0 unspecified atom stereocenters. The van der Waals surface area contributed by atoms with Crippen LogP contribution in [-0.2, 0) is 26.1 Å². The van der Waals surface area contributed by atoms with Crippen LogP contribution in [0.4, 0.5) is 0 Å². The van der Waals surface area contributed by atoms with Crippen LogP contribution in [-0.4, -0.2) is 52.5 Å². The summed E-state index contributed by atoms with van der Waals surface area (Å²) < 4.78 is 36.8. The van der Waals surface area contributed by atoms with Crippen LogP contribution >= 0.6 is 0 Å². The van der Waals surface area contributed by atoms with Crippen LogP contribution in [0.5, 0.6) is 5.75 Å². The van der Waals surface area contributed by atoms with Crippen molar-refractivity contribution in [2.45, 2.75) is 24.5 Å². The fourth-order valence-electron chi connectivity index (χ4n) is 2.65. The van der Waals surface area contributed by atoms with Crippen molar-refractivity contribution in [2.24, 2.45) is 0 Å². The quantitative estimate of drug-likeness (QED) is 0.654. The number of sulfonamides is 1. The number of methoxy groups -OCH3 is 1. The molecule has 0 fully saturated rings. The van der Waals surface area contributed by atoms with E-state index in [4.69, 9.17) is 9.47 Å². The van der Waals surface area contributed by atoms with Crippen molar-refractivity contribution in [3.05, 3.63) is 59.7 Å². The number of nitrogens with zero attached hydrogens (tertiary/aromatic N) is 1. The Morgan fingerprint density at radius 3 is 2.38 bits per heavy atom. The highest BCUT2D eigenvalue weighted by Crippen LogP contribution is 2.25. The van der Waals surface area contributed by atoms with Gasteiger partial charge in [-0.1, -0.05) is 30.3 Å². The predicted octanol–water partition coefficient (Wildman–Crippen LogP) is 1.81. The summed E-state index contributed by atoms with van der Waals surface area (Å²) in [6.45, 7) is 1.84. The first kappa shape index (κ1) is 22.4. The minimum atomic E-state index is -3.85. The average molecular weight is 420 g/mol. The van der Waals surface area contributed by atoms with Crippen molar-refractivity contribution < 1.29 is 27.5 Å². The van der Waals surface area contributed by atoms with Gasteiger partial charge in [-0.3, -0.25) is 4.79 Å². The minimum absolute atomic E-state index is 0.00927. The topological polar surface area (TPSA) is 102 Å². The van der Waals surface area contributed by atoms with Gasteiger partial charge in [0.25, 0.3) is 5.91 Å². The Morgan fingerprint density at radius 2 is 1.79 bits per heavy atom. The summed E-state index contributed by atoms with van der Waals surface area (Å²) in [4.78, 5) is 26.2. The van der Waals surface area contributed by atoms with Gasteiger partial charge in [-0.15, -0.1) is 0 Å². The van der Waals surface area contributed by atoms with Gasteiger partial charge in [-0.25, -0.2) is 17.9 Å². The molecule has 0 aliphatic heterocycles. The van der Waals surface area contributed by atoms with Crippen molar-refractivity contribution in [1.82, 2.24) is 9.62 Å². The van der Waals surface area contributed by atoms with Gasteiger partial charge in [-0.2, -0.15) is 0 Å². The molecule has 2 aromatic carbocycles. The van der Waals surface area contributed by atoms with Gasteiger partial charge in [0.1, 0.15) is 10.6 Å². The third-order valence-corrected chi connectivity index (χ3v) is 5.66.